The van der Waals surface area contributed by atoms with Crippen molar-refractivity contribution in [1.82, 2.24) is 5.16 Å². The van der Waals surface area contributed by atoms with Crippen LogP contribution in [-0.2, 0) is 0 Å². The number of Topliss-reactive ketones (excluding diaryl/α,β-unsaturated/α-hetero) is 1. The summed E-state index contributed by atoms with van der Waals surface area (Å²) in [6.07, 6.45) is 0. The van der Waals surface area contributed by atoms with Crippen molar-refractivity contribution < 1.29 is 14.1 Å². The van der Waals surface area contributed by atoms with E-state index in [2.05, 4.69) is 10.5 Å². The predicted molar refractivity (Wildman–Crippen MR) is 86.3 cm³/mol. The van der Waals surface area contributed by atoms with Gasteiger partial charge in [-0.15, -0.1) is 0 Å². The molecule has 0 spiro atoms. The first kappa shape index (κ1) is 14.7. The molecule has 0 unspecified atom stereocenters. The van der Waals surface area contributed by atoms with Gasteiger partial charge in [0, 0.05) is 22.9 Å². The minimum Gasteiger partial charge on any atom is -0.350 e. The van der Waals surface area contributed by atoms with Gasteiger partial charge >= 0.3 is 0 Å². The lowest BCUT2D eigenvalue weighted by molar-refractivity contribution is 0.0986. The molecule has 23 heavy (non-hydrogen) atoms. The molecule has 0 bridgehead atoms. The lowest BCUT2D eigenvalue weighted by Crippen LogP contribution is -2.10. The molecule has 1 N–H and O–H groups in total. The molecule has 0 aliphatic carbocycles. The Kier molecular flexibility index (Phi) is 4.01. The van der Waals surface area contributed by atoms with E-state index in [9.17, 15) is 9.59 Å². The average molecular weight is 306 g/mol. The molecule has 1 heterocycles. The van der Waals surface area contributed by atoms with Gasteiger partial charge in [-0.2, -0.15) is 0 Å². The van der Waals surface area contributed by atoms with Crippen LogP contribution in [0.15, 0.2) is 65.2 Å². The highest BCUT2D eigenvalue weighted by atomic mass is 16.5. The summed E-state index contributed by atoms with van der Waals surface area (Å²) < 4.78 is 5.10. The zero-order chi connectivity index (χ0) is 16.2. The second kappa shape index (κ2) is 6.27. The average Bonchev–Trinajstić information content (AvgIpc) is 3.06. The van der Waals surface area contributed by atoms with Crippen molar-refractivity contribution in [3.8, 4) is 11.3 Å². The molecule has 114 valence electrons. The van der Waals surface area contributed by atoms with Crippen molar-refractivity contribution in [1.29, 1.82) is 0 Å². The molecule has 1 amide bonds. The maximum atomic E-state index is 12.2. The number of carbonyl (C=O) groups excluding carboxylic acids is 2. The van der Waals surface area contributed by atoms with Crippen molar-refractivity contribution in [2.75, 3.05) is 5.32 Å². The molecule has 0 radical (unpaired) electrons. The van der Waals surface area contributed by atoms with Gasteiger partial charge < -0.3 is 9.84 Å². The summed E-state index contributed by atoms with van der Waals surface area (Å²) in [5.74, 6) is -0.291. The highest BCUT2D eigenvalue weighted by Crippen LogP contribution is 2.19. The number of hydrogen-bond donors (Lipinski definition) is 1. The molecule has 3 rings (SSSR count). The van der Waals surface area contributed by atoms with Crippen LogP contribution in [0.2, 0.25) is 0 Å². The molecule has 0 saturated carbocycles. The monoisotopic (exact) mass is 306 g/mol. The van der Waals surface area contributed by atoms with Crippen molar-refractivity contribution in [2.45, 2.75) is 6.92 Å². The SMILES string of the molecule is CC(=O)c1ccc(NC(=O)c2cc(-c3ccccc3)no2)cc1. The van der Waals surface area contributed by atoms with Crippen molar-refractivity contribution >= 4 is 17.4 Å². The molecule has 5 heteroatoms. The summed E-state index contributed by atoms with van der Waals surface area (Å²) in [5.41, 5.74) is 2.65. The van der Waals surface area contributed by atoms with Gasteiger partial charge in [0.15, 0.2) is 5.78 Å². The summed E-state index contributed by atoms with van der Waals surface area (Å²) in [7, 11) is 0. The van der Waals surface area contributed by atoms with Crippen LogP contribution < -0.4 is 5.32 Å². The van der Waals surface area contributed by atoms with E-state index in [4.69, 9.17) is 4.52 Å². The van der Waals surface area contributed by atoms with Crippen LogP contribution >= 0.6 is 0 Å². The van der Waals surface area contributed by atoms with E-state index >= 15 is 0 Å². The summed E-state index contributed by atoms with van der Waals surface area (Å²) in [6.45, 7) is 1.49. The maximum Gasteiger partial charge on any atom is 0.294 e. The maximum absolute atomic E-state index is 12.2. The molecule has 0 fully saturated rings. The van der Waals surface area contributed by atoms with Crippen molar-refractivity contribution in [2.24, 2.45) is 0 Å². The van der Waals surface area contributed by atoms with Crippen LogP contribution in [-0.4, -0.2) is 16.8 Å². The minimum absolute atomic E-state index is 0.0226. The molecule has 2 aromatic carbocycles. The molecule has 5 nitrogen and oxygen atoms in total. The predicted octanol–water partition coefficient (Wildman–Crippen LogP) is 3.80. The number of benzene rings is 2. The third kappa shape index (κ3) is 3.35. The number of aromatic nitrogens is 1. The Hall–Kier alpha value is -3.21. The fraction of sp³-hybridized carbons (Fsp3) is 0.0556. The fourth-order valence-electron chi connectivity index (χ4n) is 2.11. The Bertz CT molecular complexity index is 836. The first-order valence-corrected chi connectivity index (χ1v) is 7.08. The normalized spacial score (nSPS) is 10.3. The molecular weight excluding hydrogens is 292 g/mol. The van der Waals surface area contributed by atoms with Gasteiger partial charge in [-0.1, -0.05) is 35.5 Å². The van der Waals surface area contributed by atoms with Crippen LogP contribution in [0.3, 0.4) is 0 Å². The van der Waals surface area contributed by atoms with Gasteiger partial charge in [0.25, 0.3) is 5.91 Å². The Labute approximate surface area is 132 Å². The Morgan fingerprint density at radius 2 is 1.70 bits per heavy atom. The zero-order valence-corrected chi connectivity index (χ0v) is 12.4. The van der Waals surface area contributed by atoms with Crippen LogP contribution in [0, 0.1) is 0 Å². The third-order valence-electron chi connectivity index (χ3n) is 3.35. The number of amides is 1. The smallest absolute Gasteiger partial charge is 0.294 e. The largest absolute Gasteiger partial charge is 0.350 e. The summed E-state index contributed by atoms with van der Waals surface area (Å²) in [5, 5.41) is 6.61. The highest BCUT2D eigenvalue weighted by Gasteiger charge is 2.14. The second-order valence-electron chi connectivity index (χ2n) is 5.03. The van der Waals surface area contributed by atoms with E-state index in [-0.39, 0.29) is 11.5 Å². The van der Waals surface area contributed by atoms with E-state index in [0.717, 1.165) is 5.56 Å². The molecular formula is C18H14N2O3. The van der Waals surface area contributed by atoms with Gasteiger partial charge in [0.2, 0.25) is 5.76 Å². The molecule has 0 aliphatic rings. The van der Waals surface area contributed by atoms with E-state index < -0.39 is 5.91 Å². The third-order valence-corrected chi connectivity index (χ3v) is 3.35. The van der Waals surface area contributed by atoms with Crippen molar-refractivity contribution in [3.05, 3.63) is 72.0 Å². The Morgan fingerprint density at radius 1 is 1.00 bits per heavy atom. The molecule has 0 saturated heterocycles. The Morgan fingerprint density at radius 3 is 2.35 bits per heavy atom. The number of nitrogens with one attached hydrogen (secondary N) is 1. The lowest BCUT2D eigenvalue weighted by Gasteiger charge is -2.03. The first-order valence-electron chi connectivity index (χ1n) is 7.08. The van der Waals surface area contributed by atoms with E-state index in [0.29, 0.717) is 16.9 Å². The van der Waals surface area contributed by atoms with Gasteiger partial charge in [-0.25, -0.2) is 0 Å². The highest BCUT2D eigenvalue weighted by molar-refractivity contribution is 6.03. The van der Waals surface area contributed by atoms with Crippen LogP contribution in [0.5, 0.6) is 0 Å². The quantitative estimate of drug-likeness (QED) is 0.744. The molecule has 0 aliphatic heterocycles. The number of nitrogens with zero attached hydrogens (tertiary/aromatic N) is 1. The summed E-state index contributed by atoms with van der Waals surface area (Å²) in [6, 6.07) is 17.7. The topological polar surface area (TPSA) is 72.2 Å². The molecule has 0 atom stereocenters. The van der Waals surface area contributed by atoms with Crippen LogP contribution in [0.25, 0.3) is 11.3 Å². The molecule has 1 aromatic heterocycles. The zero-order valence-electron chi connectivity index (χ0n) is 12.4. The lowest BCUT2D eigenvalue weighted by atomic mass is 10.1. The second-order valence-corrected chi connectivity index (χ2v) is 5.03. The number of ketones is 1. The van der Waals surface area contributed by atoms with Gasteiger partial charge in [0.1, 0.15) is 5.69 Å². The number of rotatable bonds is 4. The van der Waals surface area contributed by atoms with Gasteiger partial charge in [-0.3, -0.25) is 9.59 Å². The first-order chi connectivity index (χ1) is 11.1. The number of anilines is 1. The van der Waals surface area contributed by atoms with Crippen LogP contribution in [0.1, 0.15) is 27.8 Å². The summed E-state index contributed by atoms with van der Waals surface area (Å²) in [4.78, 5) is 23.4. The number of carbonyl (C=O) groups is 2. The van der Waals surface area contributed by atoms with Gasteiger partial charge in [0.05, 0.1) is 0 Å². The standard InChI is InChI=1S/C18H14N2O3/c1-12(21)13-7-9-15(10-8-13)19-18(22)17-11-16(20-23-17)14-5-3-2-4-6-14/h2-11H,1H3,(H,19,22). The fourth-order valence-corrected chi connectivity index (χ4v) is 2.11. The molecule has 3 aromatic rings. The Balaban J connectivity index is 1.74. The number of hydrogen-bond acceptors (Lipinski definition) is 4. The van der Waals surface area contributed by atoms with E-state index in [1.807, 2.05) is 30.3 Å². The minimum atomic E-state index is -0.393. The summed E-state index contributed by atoms with van der Waals surface area (Å²) >= 11 is 0. The van der Waals surface area contributed by atoms with Crippen molar-refractivity contribution in [3.63, 3.8) is 0 Å². The van der Waals surface area contributed by atoms with E-state index in [1.54, 1.807) is 30.3 Å². The van der Waals surface area contributed by atoms with Crippen LogP contribution in [0.4, 0.5) is 5.69 Å². The van der Waals surface area contributed by atoms with E-state index in [1.165, 1.54) is 6.92 Å². The van der Waals surface area contributed by atoms with Gasteiger partial charge in [-0.05, 0) is 31.2 Å².